The van der Waals surface area contributed by atoms with Gasteiger partial charge in [0.05, 0.1) is 5.88 Å². The molecule has 1 aromatic rings. The van der Waals surface area contributed by atoms with Crippen LogP contribution in [0.2, 0.25) is 0 Å². The van der Waals surface area contributed by atoms with Crippen molar-refractivity contribution in [1.82, 2.24) is 9.80 Å². The van der Waals surface area contributed by atoms with Gasteiger partial charge < -0.3 is 9.80 Å². The number of thioether (sulfide) groups is 1. The standard InChI is InChI=1S/C19H26N2O2S/c1-13(2)10-14-4-6-15(7-5-14)18(22)21-12-24-11-17(21)19(23)20(3)16-8-9-16/h4-7,13,16-17H,8-12H2,1-3H3. The van der Waals surface area contributed by atoms with Crippen LogP contribution in [0.25, 0.3) is 0 Å². The van der Waals surface area contributed by atoms with E-state index in [0.717, 1.165) is 19.3 Å². The van der Waals surface area contributed by atoms with Crippen LogP contribution < -0.4 is 0 Å². The van der Waals surface area contributed by atoms with Crippen molar-refractivity contribution in [3.05, 3.63) is 35.4 Å². The van der Waals surface area contributed by atoms with Crippen molar-refractivity contribution in [1.29, 1.82) is 0 Å². The van der Waals surface area contributed by atoms with Crippen molar-refractivity contribution in [3.8, 4) is 0 Å². The lowest BCUT2D eigenvalue weighted by Crippen LogP contribution is -2.48. The molecule has 2 aliphatic rings. The molecule has 4 nitrogen and oxygen atoms in total. The monoisotopic (exact) mass is 346 g/mol. The van der Waals surface area contributed by atoms with Crippen LogP contribution in [0.1, 0.15) is 42.6 Å². The summed E-state index contributed by atoms with van der Waals surface area (Å²) in [5.74, 6) is 1.96. The summed E-state index contributed by atoms with van der Waals surface area (Å²) in [6.07, 6.45) is 3.20. The van der Waals surface area contributed by atoms with E-state index in [2.05, 4.69) is 13.8 Å². The highest BCUT2D eigenvalue weighted by Crippen LogP contribution is 2.30. The van der Waals surface area contributed by atoms with E-state index in [1.807, 2.05) is 36.2 Å². The average Bonchev–Trinajstić information content (AvgIpc) is 3.30. The van der Waals surface area contributed by atoms with Crippen molar-refractivity contribution in [2.24, 2.45) is 5.92 Å². The largest absolute Gasteiger partial charge is 0.341 e. The van der Waals surface area contributed by atoms with E-state index in [1.165, 1.54) is 5.56 Å². The smallest absolute Gasteiger partial charge is 0.255 e. The summed E-state index contributed by atoms with van der Waals surface area (Å²) in [7, 11) is 1.87. The van der Waals surface area contributed by atoms with Gasteiger partial charge in [0.2, 0.25) is 5.91 Å². The molecule has 1 heterocycles. The fourth-order valence-corrected chi connectivity index (χ4v) is 4.29. The molecular weight excluding hydrogens is 320 g/mol. The van der Waals surface area contributed by atoms with Crippen LogP contribution >= 0.6 is 11.8 Å². The van der Waals surface area contributed by atoms with E-state index in [1.54, 1.807) is 16.7 Å². The second-order valence-corrected chi connectivity index (χ2v) is 8.27. The Morgan fingerprint density at radius 3 is 2.50 bits per heavy atom. The SMILES string of the molecule is CC(C)Cc1ccc(C(=O)N2CSCC2C(=O)N(C)C2CC2)cc1. The molecule has 24 heavy (non-hydrogen) atoms. The number of nitrogens with zero attached hydrogens (tertiary/aromatic N) is 2. The third kappa shape index (κ3) is 3.77. The van der Waals surface area contributed by atoms with Crippen LogP contribution in [0.15, 0.2) is 24.3 Å². The summed E-state index contributed by atoms with van der Waals surface area (Å²) >= 11 is 1.66. The Morgan fingerprint density at radius 2 is 1.92 bits per heavy atom. The average molecular weight is 346 g/mol. The van der Waals surface area contributed by atoms with Gasteiger partial charge in [-0.05, 0) is 42.9 Å². The molecule has 1 unspecified atom stereocenters. The molecule has 2 fully saturated rings. The Labute approximate surface area is 148 Å². The van der Waals surface area contributed by atoms with Crippen LogP contribution in [-0.4, -0.2) is 52.4 Å². The van der Waals surface area contributed by atoms with Gasteiger partial charge in [-0.25, -0.2) is 0 Å². The van der Waals surface area contributed by atoms with Crippen molar-refractivity contribution < 1.29 is 9.59 Å². The Kier molecular flexibility index (Phi) is 5.18. The summed E-state index contributed by atoms with van der Waals surface area (Å²) in [5, 5.41) is 0. The Morgan fingerprint density at radius 1 is 1.25 bits per heavy atom. The second-order valence-electron chi connectivity index (χ2n) is 7.27. The van der Waals surface area contributed by atoms with Crippen LogP contribution in [0, 0.1) is 5.92 Å². The van der Waals surface area contributed by atoms with E-state index >= 15 is 0 Å². The van der Waals surface area contributed by atoms with Gasteiger partial charge in [-0.15, -0.1) is 11.8 Å². The fraction of sp³-hybridized carbons (Fsp3) is 0.579. The van der Waals surface area contributed by atoms with Gasteiger partial charge in [0.15, 0.2) is 0 Å². The normalized spacial score (nSPS) is 20.5. The van der Waals surface area contributed by atoms with Gasteiger partial charge in [0.25, 0.3) is 5.91 Å². The zero-order valence-corrected chi connectivity index (χ0v) is 15.5. The first-order chi connectivity index (χ1) is 11.5. The van der Waals surface area contributed by atoms with Gasteiger partial charge in [-0.1, -0.05) is 26.0 Å². The lowest BCUT2D eigenvalue weighted by molar-refractivity contribution is -0.134. The minimum atomic E-state index is -0.316. The molecule has 0 spiro atoms. The quantitative estimate of drug-likeness (QED) is 0.823. The number of likely N-dealkylation sites (N-methyl/N-ethyl adjacent to an activating group) is 1. The minimum absolute atomic E-state index is 0.0290. The van der Waals surface area contributed by atoms with Gasteiger partial charge in [-0.3, -0.25) is 9.59 Å². The Bertz CT molecular complexity index is 610. The maximum Gasteiger partial charge on any atom is 0.255 e. The van der Waals surface area contributed by atoms with E-state index in [9.17, 15) is 9.59 Å². The molecule has 1 aliphatic heterocycles. The molecule has 130 valence electrons. The van der Waals surface area contributed by atoms with E-state index in [0.29, 0.717) is 29.2 Å². The van der Waals surface area contributed by atoms with Crippen molar-refractivity contribution in [3.63, 3.8) is 0 Å². The molecule has 0 radical (unpaired) electrons. The summed E-state index contributed by atoms with van der Waals surface area (Å²) in [6, 6.07) is 7.93. The third-order valence-corrected chi connectivity index (χ3v) is 5.73. The number of amides is 2. The fourth-order valence-electron chi connectivity index (χ4n) is 3.14. The number of carbonyl (C=O) groups is 2. The van der Waals surface area contributed by atoms with Crippen molar-refractivity contribution in [2.45, 2.75) is 45.2 Å². The highest BCUT2D eigenvalue weighted by atomic mass is 32.2. The minimum Gasteiger partial charge on any atom is -0.341 e. The molecule has 0 bridgehead atoms. The van der Waals surface area contributed by atoms with Gasteiger partial charge in [0.1, 0.15) is 6.04 Å². The van der Waals surface area contributed by atoms with Crippen LogP contribution in [0.5, 0.6) is 0 Å². The van der Waals surface area contributed by atoms with Crippen LogP contribution in [0.4, 0.5) is 0 Å². The first kappa shape index (κ1) is 17.3. The number of hydrogen-bond donors (Lipinski definition) is 0. The number of carbonyl (C=O) groups excluding carboxylic acids is 2. The van der Waals surface area contributed by atoms with E-state index in [-0.39, 0.29) is 17.9 Å². The molecule has 1 saturated carbocycles. The number of rotatable bonds is 5. The van der Waals surface area contributed by atoms with Crippen LogP contribution in [-0.2, 0) is 11.2 Å². The van der Waals surface area contributed by atoms with E-state index in [4.69, 9.17) is 0 Å². The van der Waals surface area contributed by atoms with Gasteiger partial charge >= 0.3 is 0 Å². The maximum absolute atomic E-state index is 12.8. The number of hydrogen-bond acceptors (Lipinski definition) is 3. The highest BCUT2D eigenvalue weighted by Gasteiger charge is 2.40. The molecule has 0 aromatic heterocycles. The van der Waals surface area contributed by atoms with Crippen LogP contribution in [0.3, 0.4) is 0 Å². The molecular formula is C19H26N2O2S. The first-order valence-electron chi connectivity index (χ1n) is 8.71. The predicted molar refractivity (Wildman–Crippen MR) is 98.1 cm³/mol. The van der Waals surface area contributed by atoms with Crippen molar-refractivity contribution >= 4 is 23.6 Å². The first-order valence-corrected chi connectivity index (χ1v) is 9.87. The lowest BCUT2D eigenvalue weighted by atomic mass is 10.0. The summed E-state index contributed by atoms with van der Waals surface area (Å²) in [4.78, 5) is 29.1. The van der Waals surface area contributed by atoms with E-state index < -0.39 is 0 Å². The Hall–Kier alpha value is -1.49. The third-order valence-electron chi connectivity index (χ3n) is 4.72. The summed E-state index contributed by atoms with van der Waals surface area (Å²) in [5.41, 5.74) is 1.93. The maximum atomic E-state index is 12.8. The molecule has 1 aliphatic carbocycles. The van der Waals surface area contributed by atoms with Crippen molar-refractivity contribution in [2.75, 3.05) is 18.7 Å². The predicted octanol–water partition coefficient (Wildman–Crippen LogP) is 3.02. The zero-order chi connectivity index (χ0) is 17.3. The summed E-state index contributed by atoms with van der Waals surface area (Å²) < 4.78 is 0. The molecule has 1 saturated heterocycles. The molecule has 0 N–H and O–H groups in total. The molecule has 1 aromatic carbocycles. The second kappa shape index (κ2) is 7.18. The lowest BCUT2D eigenvalue weighted by Gasteiger charge is -2.27. The Balaban J connectivity index is 1.69. The highest BCUT2D eigenvalue weighted by molar-refractivity contribution is 7.99. The molecule has 5 heteroatoms. The number of benzene rings is 1. The van der Waals surface area contributed by atoms with Gasteiger partial charge in [-0.2, -0.15) is 0 Å². The molecule has 2 amide bonds. The van der Waals surface area contributed by atoms with Gasteiger partial charge in [0, 0.05) is 24.4 Å². The molecule has 1 atom stereocenters. The topological polar surface area (TPSA) is 40.6 Å². The summed E-state index contributed by atoms with van der Waals surface area (Å²) in [6.45, 7) is 4.38. The molecule has 3 rings (SSSR count). The zero-order valence-electron chi connectivity index (χ0n) is 14.7.